The molecule has 0 spiro atoms. The molecule has 64 heavy (non-hydrogen) atoms. The molecule has 6 aromatic carbocycles. The predicted molar refractivity (Wildman–Crippen MR) is 276 cm³/mol. The Balaban J connectivity index is 0.00000118. The van der Waals surface area contributed by atoms with Gasteiger partial charge in [-0.05, 0) is 160 Å². The summed E-state index contributed by atoms with van der Waals surface area (Å²) in [6.45, 7) is 14.9. The molecule has 0 fully saturated rings. The zero-order chi connectivity index (χ0) is 44.3. The summed E-state index contributed by atoms with van der Waals surface area (Å²) in [7, 11) is 0. The molecular weight excluding hydrogens is 775 g/mol. The number of hydrogen-bond acceptors (Lipinski definition) is 1. The fourth-order valence-corrected chi connectivity index (χ4v) is 11.1. The Bertz CT molecular complexity index is 3340. The summed E-state index contributed by atoms with van der Waals surface area (Å²) in [5.74, 6) is 1.03. The van der Waals surface area contributed by atoms with Crippen molar-refractivity contribution in [2.24, 2.45) is 0 Å². The molecule has 0 N–H and O–H groups in total. The van der Waals surface area contributed by atoms with Crippen LogP contribution in [0.25, 0.3) is 90.0 Å². The molecule has 2 heteroatoms. The van der Waals surface area contributed by atoms with Crippen LogP contribution in [-0.4, -0.2) is 4.57 Å². The van der Waals surface area contributed by atoms with Crippen LogP contribution in [0.3, 0.4) is 0 Å². The lowest BCUT2D eigenvalue weighted by Crippen LogP contribution is -2.15. The third kappa shape index (κ3) is 6.32. The minimum atomic E-state index is -0.169. The molecule has 0 amide bonds. The van der Waals surface area contributed by atoms with Gasteiger partial charge < -0.3 is 8.98 Å². The lowest BCUT2D eigenvalue weighted by molar-refractivity contribution is 0.595. The van der Waals surface area contributed by atoms with Gasteiger partial charge >= 0.3 is 0 Å². The van der Waals surface area contributed by atoms with Crippen LogP contribution in [0.2, 0.25) is 0 Å². The number of fused-ring (bicyclic) bond motifs is 13. The van der Waals surface area contributed by atoms with Crippen LogP contribution in [0.1, 0.15) is 110 Å². The number of aryl methyl sites for hydroxylation is 2. The third-order valence-electron chi connectivity index (χ3n) is 14.2. The fraction of sp³-hybridized carbons (Fsp3) is 0.194. The maximum absolute atomic E-state index is 6.68. The van der Waals surface area contributed by atoms with Crippen LogP contribution in [0, 0.1) is 12.8 Å². The lowest BCUT2D eigenvalue weighted by Gasteiger charge is -2.23. The number of aromatic nitrogens is 1. The second-order valence-electron chi connectivity index (χ2n) is 17.7. The first kappa shape index (κ1) is 41.0. The zero-order valence-electron chi connectivity index (χ0n) is 37.8. The average molecular weight is 830 g/mol. The Morgan fingerprint density at radius 3 is 2.25 bits per heavy atom. The molecule has 0 saturated carbocycles. The van der Waals surface area contributed by atoms with E-state index in [2.05, 4.69) is 184 Å². The molecule has 0 saturated heterocycles. The molecule has 2 heterocycles. The molecule has 2 aromatic heterocycles. The van der Waals surface area contributed by atoms with E-state index in [1.807, 2.05) is 19.9 Å². The van der Waals surface area contributed by atoms with Crippen molar-refractivity contribution in [3.63, 3.8) is 0 Å². The lowest BCUT2D eigenvalue weighted by atomic mass is 9.82. The number of nitrogens with zero attached hydrogens (tertiary/aromatic N) is 1. The summed E-state index contributed by atoms with van der Waals surface area (Å²) in [4.78, 5) is 0. The zero-order valence-corrected chi connectivity index (χ0v) is 37.8. The second kappa shape index (κ2) is 16.2. The molecule has 8 aromatic rings. The van der Waals surface area contributed by atoms with Gasteiger partial charge in [0, 0.05) is 44.3 Å². The molecule has 0 bridgehead atoms. The van der Waals surface area contributed by atoms with Crippen LogP contribution in [-0.2, 0) is 24.7 Å². The summed E-state index contributed by atoms with van der Waals surface area (Å²) < 4.78 is 9.25. The molecule has 0 aliphatic heterocycles. The van der Waals surface area contributed by atoms with Crippen molar-refractivity contribution in [1.29, 1.82) is 0 Å². The van der Waals surface area contributed by atoms with Crippen molar-refractivity contribution >= 4 is 62.0 Å². The number of allylic oxidation sites excluding steroid dienone is 6. The SMILES string of the molecule is C#C.C=C/C(=C\C)c1ccc(-c2ccc3c(c2)c2c(n3-c3ccc4c(c3)C(C)(C)c3ccc5c6c(oc5c3-4)C=CCC6)CCC(c3ccc4c5c(ccc4c3)C=CCC5)=C2)cc1.CC. The van der Waals surface area contributed by atoms with E-state index in [0.29, 0.717) is 0 Å². The summed E-state index contributed by atoms with van der Waals surface area (Å²) in [5.41, 5.74) is 23.1. The summed E-state index contributed by atoms with van der Waals surface area (Å²) >= 11 is 0. The van der Waals surface area contributed by atoms with E-state index < -0.39 is 0 Å². The van der Waals surface area contributed by atoms with E-state index in [1.54, 1.807) is 0 Å². The maximum atomic E-state index is 6.68. The van der Waals surface area contributed by atoms with Gasteiger partial charge in [0.25, 0.3) is 0 Å². The third-order valence-corrected chi connectivity index (χ3v) is 14.2. The molecule has 0 unspecified atom stereocenters. The molecule has 12 rings (SSSR count). The van der Waals surface area contributed by atoms with Gasteiger partial charge in [0.05, 0.1) is 5.52 Å². The van der Waals surface area contributed by atoms with Crippen LogP contribution >= 0.6 is 0 Å². The number of furan rings is 1. The van der Waals surface area contributed by atoms with Gasteiger partial charge in [-0.1, -0.05) is 137 Å². The van der Waals surface area contributed by atoms with Gasteiger partial charge in [-0.2, -0.15) is 0 Å². The first-order chi connectivity index (χ1) is 31.4. The van der Waals surface area contributed by atoms with E-state index in [0.717, 1.165) is 55.4 Å². The minimum Gasteiger partial charge on any atom is -0.456 e. The highest BCUT2D eigenvalue weighted by molar-refractivity contribution is 6.04. The number of terminal acetylenes is 1. The summed E-state index contributed by atoms with van der Waals surface area (Å²) in [6.07, 6.45) is 29.9. The quantitative estimate of drug-likeness (QED) is 0.125. The van der Waals surface area contributed by atoms with Gasteiger partial charge in [0.1, 0.15) is 11.3 Å². The molecule has 314 valence electrons. The van der Waals surface area contributed by atoms with Crippen LogP contribution in [0.4, 0.5) is 0 Å². The Labute approximate surface area is 378 Å². The first-order valence-corrected chi connectivity index (χ1v) is 23.1. The monoisotopic (exact) mass is 829 g/mol. The number of benzene rings is 6. The highest BCUT2D eigenvalue weighted by Crippen LogP contribution is 2.53. The fourth-order valence-electron chi connectivity index (χ4n) is 11.1. The van der Waals surface area contributed by atoms with Crippen LogP contribution in [0.15, 0.2) is 138 Å². The smallest absolute Gasteiger partial charge is 0.143 e. The van der Waals surface area contributed by atoms with Gasteiger partial charge in [-0.3, -0.25) is 0 Å². The van der Waals surface area contributed by atoms with Gasteiger partial charge in [-0.15, -0.1) is 12.8 Å². The number of hydrogen-bond donors (Lipinski definition) is 0. The van der Waals surface area contributed by atoms with Crippen LogP contribution in [0.5, 0.6) is 0 Å². The molecule has 0 radical (unpaired) electrons. The Hall–Kier alpha value is -7.08. The molecule has 4 aliphatic carbocycles. The van der Waals surface area contributed by atoms with Crippen LogP contribution < -0.4 is 0 Å². The minimum absolute atomic E-state index is 0.169. The Morgan fingerprint density at radius 1 is 0.703 bits per heavy atom. The first-order valence-electron chi connectivity index (χ1n) is 23.1. The molecule has 4 aliphatic rings. The Kier molecular flexibility index (Phi) is 10.4. The number of rotatable bonds is 5. The largest absolute Gasteiger partial charge is 0.456 e. The van der Waals surface area contributed by atoms with Gasteiger partial charge in [0.15, 0.2) is 0 Å². The molecular formula is C62H55NO. The van der Waals surface area contributed by atoms with E-state index >= 15 is 0 Å². The Morgan fingerprint density at radius 2 is 1.45 bits per heavy atom. The van der Waals surface area contributed by atoms with E-state index in [4.69, 9.17) is 4.42 Å². The van der Waals surface area contributed by atoms with Crippen molar-refractivity contribution < 1.29 is 4.42 Å². The van der Waals surface area contributed by atoms with Gasteiger partial charge in [-0.25, -0.2) is 0 Å². The van der Waals surface area contributed by atoms with Gasteiger partial charge in [0.2, 0.25) is 0 Å². The predicted octanol–water partition coefficient (Wildman–Crippen LogP) is 16.8. The summed E-state index contributed by atoms with van der Waals surface area (Å²) in [5, 5.41) is 5.30. The highest BCUT2D eigenvalue weighted by atomic mass is 16.3. The van der Waals surface area contributed by atoms with E-state index in [-0.39, 0.29) is 5.41 Å². The van der Waals surface area contributed by atoms with Crippen molar-refractivity contribution in [3.8, 4) is 40.8 Å². The standard InChI is InChI=1S/C58H47NO.C2H6.C2H2/c1-5-35(6-2)36-15-17-37(18-16-36)40-22-29-53-49(32-40)50-33-41(39-21-25-45-42(31-39)20-19-38-11-7-8-12-44(38)45)23-30-54(50)59(53)43-24-26-48-52(34-43)58(3,4)51-28-27-47-46-13-9-10-14-55(46)60-57(47)56(48)51;2*1-2/h5-7,10-11,14-22,24-29,31-34H,1,8-9,12-13,23,30H2,2-4H3;1-2H3;1-2H/b35-6+;;. The van der Waals surface area contributed by atoms with E-state index in [1.165, 1.54) is 111 Å². The highest BCUT2D eigenvalue weighted by Gasteiger charge is 2.39. The average Bonchev–Trinajstić information content (AvgIpc) is 3.97. The van der Waals surface area contributed by atoms with Crippen molar-refractivity contribution in [1.82, 2.24) is 4.57 Å². The molecule has 0 atom stereocenters. The van der Waals surface area contributed by atoms with Crippen molar-refractivity contribution in [2.75, 3.05) is 0 Å². The van der Waals surface area contributed by atoms with E-state index in [9.17, 15) is 0 Å². The maximum Gasteiger partial charge on any atom is 0.143 e. The topological polar surface area (TPSA) is 18.1 Å². The van der Waals surface area contributed by atoms with Crippen molar-refractivity contribution in [2.45, 2.75) is 78.6 Å². The summed E-state index contributed by atoms with van der Waals surface area (Å²) in [6, 6.07) is 39.7. The van der Waals surface area contributed by atoms with Crippen molar-refractivity contribution in [3.05, 3.63) is 190 Å². The second-order valence-corrected chi connectivity index (χ2v) is 17.7. The molecule has 2 nitrogen and oxygen atoms in total. The normalized spacial score (nSPS) is 15.2.